The molecule has 3 rings (SSSR count). The highest BCUT2D eigenvalue weighted by molar-refractivity contribution is 7.92. The van der Waals surface area contributed by atoms with Gasteiger partial charge in [0, 0.05) is 6.04 Å². The lowest BCUT2D eigenvalue weighted by atomic mass is 9.86. The van der Waals surface area contributed by atoms with Crippen LogP contribution in [0, 0.1) is 18.7 Å². The van der Waals surface area contributed by atoms with E-state index in [1.54, 1.807) is 6.92 Å². The van der Waals surface area contributed by atoms with Crippen molar-refractivity contribution >= 4 is 27.6 Å². The number of rotatable bonds is 7. The van der Waals surface area contributed by atoms with Crippen molar-refractivity contribution < 1.29 is 27.1 Å². The maximum absolute atomic E-state index is 13.9. The Bertz CT molecular complexity index is 1140. The first-order chi connectivity index (χ1) is 15.6. The van der Waals surface area contributed by atoms with Gasteiger partial charge in [0.2, 0.25) is 0 Å². The van der Waals surface area contributed by atoms with Crippen molar-refractivity contribution in [1.82, 2.24) is 5.32 Å². The highest BCUT2D eigenvalue weighted by atomic mass is 32.2. The first kappa shape index (κ1) is 24.7. The van der Waals surface area contributed by atoms with Crippen molar-refractivity contribution in [2.45, 2.75) is 63.5 Å². The van der Waals surface area contributed by atoms with E-state index in [1.165, 1.54) is 37.3 Å². The van der Waals surface area contributed by atoms with Crippen LogP contribution in [0.1, 0.15) is 55.5 Å². The summed E-state index contributed by atoms with van der Waals surface area (Å²) >= 11 is 0. The van der Waals surface area contributed by atoms with Gasteiger partial charge < -0.3 is 10.1 Å². The number of carbonyl (C=O) groups is 2. The second-order valence-electron chi connectivity index (χ2n) is 8.49. The Balaban J connectivity index is 1.72. The van der Waals surface area contributed by atoms with Crippen LogP contribution in [0.2, 0.25) is 0 Å². The fraction of sp³-hybridized carbons (Fsp3) is 0.417. The highest BCUT2D eigenvalue weighted by Gasteiger charge is 2.27. The Morgan fingerprint density at radius 1 is 1.12 bits per heavy atom. The Kier molecular flexibility index (Phi) is 7.73. The summed E-state index contributed by atoms with van der Waals surface area (Å²) in [6.07, 6.45) is 3.08. The molecular weight excluding hydrogens is 447 g/mol. The molecular formula is C24H29FN2O5S. The number of anilines is 1. The van der Waals surface area contributed by atoms with Crippen LogP contribution in [-0.4, -0.2) is 32.4 Å². The van der Waals surface area contributed by atoms with E-state index in [1.807, 2.05) is 0 Å². The number of halogens is 1. The minimum atomic E-state index is -4.16. The first-order valence-corrected chi connectivity index (χ1v) is 12.5. The lowest BCUT2D eigenvalue weighted by Gasteiger charge is -2.30. The molecule has 33 heavy (non-hydrogen) atoms. The van der Waals surface area contributed by atoms with E-state index in [0.29, 0.717) is 11.5 Å². The number of benzene rings is 2. The smallest absolute Gasteiger partial charge is 0.339 e. The molecule has 1 fully saturated rings. The van der Waals surface area contributed by atoms with Crippen molar-refractivity contribution in [2.75, 3.05) is 4.72 Å². The summed E-state index contributed by atoms with van der Waals surface area (Å²) < 4.78 is 46.8. The molecule has 3 atom stereocenters. The van der Waals surface area contributed by atoms with Crippen molar-refractivity contribution in [2.24, 2.45) is 5.92 Å². The van der Waals surface area contributed by atoms with Gasteiger partial charge in [-0.05, 0) is 62.4 Å². The van der Waals surface area contributed by atoms with Gasteiger partial charge in [0.15, 0.2) is 6.10 Å². The zero-order chi connectivity index (χ0) is 24.2. The van der Waals surface area contributed by atoms with E-state index >= 15 is 0 Å². The summed E-state index contributed by atoms with van der Waals surface area (Å²) in [6.45, 7) is 5.20. The third-order valence-electron chi connectivity index (χ3n) is 5.95. The number of nitrogens with one attached hydrogen (secondary N) is 2. The average molecular weight is 477 g/mol. The zero-order valence-electron chi connectivity index (χ0n) is 18.9. The molecule has 2 N–H and O–H groups in total. The molecule has 2 aromatic rings. The second-order valence-corrected chi connectivity index (χ2v) is 10.2. The van der Waals surface area contributed by atoms with Crippen molar-refractivity contribution in [3.05, 3.63) is 59.4 Å². The quantitative estimate of drug-likeness (QED) is 0.584. The van der Waals surface area contributed by atoms with Crippen LogP contribution in [0.15, 0.2) is 47.4 Å². The topological polar surface area (TPSA) is 102 Å². The van der Waals surface area contributed by atoms with Crippen molar-refractivity contribution in [1.29, 1.82) is 0 Å². The molecule has 0 aliphatic heterocycles. The van der Waals surface area contributed by atoms with Gasteiger partial charge in [-0.25, -0.2) is 17.6 Å². The third kappa shape index (κ3) is 6.10. The Labute approximate surface area is 193 Å². The van der Waals surface area contributed by atoms with Crippen LogP contribution in [-0.2, 0) is 19.6 Å². The summed E-state index contributed by atoms with van der Waals surface area (Å²) in [5, 5.41) is 2.95. The molecule has 178 valence electrons. The van der Waals surface area contributed by atoms with E-state index in [2.05, 4.69) is 17.0 Å². The Hall–Kier alpha value is -2.94. The number of para-hydroxylation sites is 1. The molecule has 9 heteroatoms. The molecule has 7 nitrogen and oxygen atoms in total. The molecule has 1 aliphatic rings. The third-order valence-corrected chi connectivity index (χ3v) is 7.31. The van der Waals surface area contributed by atoms with E-state index in [-0.39, 0.29) is 28.1 Å². The van der Waals surface area contributed by atoms with Gasteiger partial charge >= 0.3 is 5.97 Å². The van der Waals surface area contributed by atoms with Crippen LogP contribution in [0.25, 0.3) is 0 Å². The molecule has 0 spiro atoms. The minimum absolute atomic E-state index is 0.0112. The summed E-state index contributed by atoms with van der Waals surface area (Å²) in [5.74, 6) is -1.56. The molecule has 0 aromatic heterocycles. The average Bonchev–Trinajstić information content (AvgIpc) is 2.76. The first-order valence-electron chi connectivity index (χ1n) is 11.0. The molecule has 1 saturated carbocycles. The predicted octanol–water partition coefficient (Wildman–Crippen LogP) is 4.18. The summed E-state index contributed by atoms with van der Waals surface area (Å²) in [4.78, 5) is 25.1. The molecule has 0 saturated heterocycles. The van der Waals surface area contributed by atoms with Crippen LogP contribution in [0.5, 0.6) is 0 Å². The number of hydrogen-bond acceptors (Lipinski definition) is 5. The van der Waals surface area contributed by atoms with Crippen molar-refractivity contribution in [3.8, 4) is 0 Å². The van der Waals surface area contributed by atoms with Gasteiger partial charge in [0.25, 0.3) is 15.9 Å². The SMILES string of the molecule is Cc1ccc(S(=O)(=O)Nc2ccccc2F)cc1C(=O)O[C@H](C)C(=O)N[C@@H]1CCCC[C@@H]1C. The number of hydrogen-bond donors (Lipinski definition) is 2. The predicted molar refractivity (Wildman–Crippen MR) is 123 cm³/mol. The fourth-order valence-corrected chi connectivity index (χ4v) is 4.94. The van der Waals surface area contributed by atoms with Crippen LogP contribution in [0.3, 0.4) is 0 Å². The number of amides is 1. The van der Waals surface area contributed by atoms with Gasteiger partial charge in [0.05, 0.1) is 16.1 Å². The van der Waals surface area contributed by atoms with E-state index in [0.717, 1.165) is 37.8 Å². The summed E-state index contributed by atoms with van der Waals surface area (Å²) in [6, 6.07) is 9.36. The highest BCUT2D eigenvalue weighted by Crippen LogP contribution is 2.24. The molecule has 0 bridgehead atoms. The molecule has 0 unspecified atom stereocenters. The number of sulfonamides is 1. The van der Waals surface area contributed by atoms with Gasteiger partial charge in [-0.3, -0.25) is 9.52 Å². The lowest BCUT2D eigenvalue weighted by Crippen LogP contribution is -2.46. The van der Waals surface area contributed by atoms with Crippen LogP contribution in [0.4, 0.5) is 10.1 Å². The Morgan fingerprint density at radius 3 is 2.52 bits per heavy atom. The van der Waals surface area contributed by atoms with E-state index in [9.17, 15) is 22.4 Å². The standard InChI is InChI=1S/C24H29FN2O5S/c1-15-12-13-18(33(30,31)27-22-11-7-5-9-20(22)25)14-19(15)24(29)32-17(3)23(28)26-21-10-6-4-8-16(21)2/h5,7,9,11-14,16-17,21,27H,4,6,8,10H2,1-3H3,(H,26,28)/t16-,17+,21+/m0/s1. The normalized spacial score (nSPS) is 19.4. The Morgan fingerprint density at radius 2 is 1.82 bits per heavy atom. The van der Waals surface area contributed by atoms with Gasteiger partial charge in [-0.1, -0.05) is 38.0 Å². The fourth-order valence-electron chi connectivity index (χ4n) is 3.84. The van der Waals surface area contributed by atoms with Crippen molar-refractivity contribution in [3.63, 3.8) is 0 Å². The maximum atomic E-state index is 13.9. The number of aryl methyl sites for hydroxylation is 1. The molecule has 0 radical (unpaired) electrons. The van der Waals surface area contributed by atoms with Crippen LogP contribution >= 0.6 is 0 Å². The van der Waals surface area contributed by atoms with Gasteiger partial charge in [0.1, 0.15) is 5.82 Å². The molecule has 1 aliphatic carbocycles. The monoisotopic (exact) mass is 476 g/mol. The zero-order valence-corrected chi connectivity index (χ0v) is 19.7. The maximum Gasteiger partial charge on any atom is 0.339 e. The summed E-state index contributed by atoms with van der Waals surface area (Å²) in [5.41, 5.74) is 0.292. The van der Waals surface area contributed by atoms with Gasteiger partial charge in [-0.2, -0.15) is 0 Å². The van der Waals surface area contributed by atoms with E-state index < -0.39 is 27.9 Å². The van der Waals surface area contributed by atoms with E-state index in [4.69, 9.17) is 4.74 Å². The molecule has 1 amide bonds. The number of ether oxygens (including phenoxy) is 1. The number of carbonyl (C=O) groups excluding carboxylic acids is 2. The minimum Gasteiger partial charge on any atom is -0.449 e. The second kappa shape index (κ2) is 10.3. The number of esters is 1. The van der Waals surface area contributed by atoms with Crippen LogP contribution < -0.4 is 10.0 Å². The molecule has 2 aromatic carbocycles. The largest absolute Gasteiger partial charge is 0.449 e. The van der Waals surface area contributed by atoms with Gasteiger partial charge in [-0.15, -0.1) is 0 Å². The lowest BCUT2D eigenvalue weighted by molar-refractivity contribution is -0.130. The summed E-state index contributed by atoms with van der Waals surface area (Å²) in [7, 11) is -4.16. The molecule has 0 heterocycles.